The summed E-state index contributed by atoms with van der Waals surface area (Å²) in [5.74, 6) is 1.61. The van der Waals surface area contributed by atoms with Crippen molar-refractivity contribution >= 4 is 60.3 Å². The van der Waals surface area contributed by atoms with E-state index in [0.29, 0.717) is 11.8 Å². The minimum absolute atomic E-state index is 0.282. The van der Waals surface area contributed by atoms with Crippen LogP contribution >= 0.6 is 54.5 Å². The Balaban J connectivity index is 1.91. The van der Waals surface area contributed by atoms with E-state index in [1.54, 1.807) is 22.7 Å². The molecule has 1 aliphatic carbocycles. The van der Waals surface area contributed by atoms with E-state index in [1.165, 1.54) is 79.8 Å². The molecular weight excluding hydrogens is 540 g/mol. The van der Waals surface area contributed by atoms with Crippen molar-refractivity contribution in [1.29, 1.82) is 0 Å². The Morgan fingerprint density at radius 3 is 1.47 bits per heavy atom. The van der Waals surface area contributed by atoms with Gasteiger partial charge in [0, 0.05) is 11.1 Å². The van der Waals surface area contributed by atoms with Crippen LogP contribution in [0.25, 0.3) is 9.75 Å². The first-order valence-corrected chi connectivity index (χ1v) is 14.9. The van der Waals surface area contributed by atoms with Crippen molar-refractivity contribution < 1.29 is 4.79 Å². The van der Waals surface area contributed by atoms with Gasteiger partial charge in [0.05, 0.1) is 17.3 Å². The van der Waals surface area contributed by atoms with Crippen LogP contribution in [0.1, 0.15) is 106 Å². The van der Waals surface area contributed by atoms with Gasteiger partial charge in [0.25, 0.3) is 0 Å². The highest BCUT2D eigenvalue weighted by molar-refractivity contribution is 9.11. The minimum Gasteiger partial charge on any atom is -0.288 e. The molecule has 1 nitrogen and oxygen atoms in total. The zero-order valence-electron chi connectivity index (χ0n) is 18.7. The highest BCUT2D eigenvalue weighted by atomic mass is 79.9. The molecule has 166 valence electrons. The average Bonchev–Trinajstić information content (AvgIpc) is 3.32. The SMILES string of the molecule is CCCCC(CC)Cc1c(Br)sc2c1C(=O)c1c-2sc(Br)c1CC(CC)CCCC. The van der Waals surface area contributed by atoms with Crippen molar-refractivity contribution in [1.82, 2.24) is 0 Å². The number of unbranched alkanes of at least 4 members (excludes halogenated alkanes) is 2. The summed E-state index contributed by atoms with van der Waals surface area (Å²) in [4.78, 5) is 16.1. The molecule has 2 aromatic heterocycles. The fourth-order valence-corrected chi connectivity index (χ4v) is 8.57. The molecule has 2 atom stereocenters. The van der Waals surface area contributed by atoms with E-state index in [0.717, 1.165) is 24.0 Å². The average molecular weight is 574 g/mol. The fourth-order valence-electron chi connectivity index (χ4n) is 4.63. The van der Waals surface area contributed by atoms with Crippen molar-refractivity contribution in [2.45, 2.75) is 91.9 Å². The van der Waals surface area contributed by atoms with E-state index in [1.807, 2.05) is 0 Å². The number of hydrogen-bond acceptors (Lipinski definition) is 3. The number of halogens is 2. The summed E-state index contributed by atoms with van der Waals surface area (Å²) >= 11 is 11.2. The zero-order chi connectivity index (χ0) is 21.8. The number of hydrogen-bond donors (Lipinski definition) is 0. The van der Waals surface area contributed by atoms with Crippen LogP contribution in [0, 0.1) is 11.8 Å². The van der Waals surface area contributed by atoms with Crippen molar-refractivity contribution in [3.8, 4) is 9.75 Å². The van der Waals surface area contributed by atoms with E-state index >= 15 is 0 Å². The van der Waals surface area contributed by atoms with Gasteiger partial charge in [0.1, 0.15) is 0 Å². The van der Waals surface area contributed by atoms with Crippen LogP contribution in [0.15, 0.2) is 7.57 Å². The fraction of sp³-hybridized carbons (Fsp3) is 0.640. The molecule has 0 bridgehead atoms. The summed E-state index contributed by atoms with van der Waals surface area (Å²) in [7, 11) is 0. The molecule has 0 saturated carbocycles. The van der Waals surface area contributed by atoms with Gasteiger partial charge in [0.2, 0.25) is 0 Å². The second kappa shape index (κ2) is 11.2. The second-order valence-electron chi connectivity index (χ2n) is 8.69. The van der Waals surface area contributed by atoms with Crippen LogP contribution in [-0.4, -0.2) is 5.78 Å². The van der Waals surface area contributed by atoms with E-state index in [2.05, 4.69) is 59.6 Å². The van der Waals surface area contributed by atoms with Gasteiger partial charge in [-0.05, 0) is 67.7 Å². The molecule has 0 aliphatic heterocycles. The molecule has 0 radical (unpaired) electrons. The van der Waals surface area contributed by atoms with E-state index < -0.39 is 0 Å². The van der Waals surface area contributed by atoms with Gasteiger partial charge in [-0.1, -0.05) is 79.1 Å². The van der Waals surface area contributed by atoms with Crippen LogP contribution in [0.5, 0.6) is 0 Å². The van der Waals surface area contributed by atoms with Crippen molar-refractivity contribution in [2.75, 3.05) is 0 Å². The number of thiophene rings is 2. The predicted molar refractivity (Wildman–Crippen MR) is 140 cm³/mol. The highest BCUT2D eigenvalue weighted by Crippen LogP contribution is 2.54. The van der Waals surface area contributed by atoms with Crippen LogP contribution in [0.4, 0.5) is 0 Å². The molecule has 2 heterocycles. The van der Waals surface area contributed by atoms with Gasteiger partial charge in [-0.25, -0.2) is 0 Å². The molecule has 3 rings (SSSR count). The molecule has 0 spiro atoms. The van der Waals surface area contributed by atoms with Crippen molar-refractivity contribution in [2.24, 2.45) is 11.8 Å². The molecule has 0 fully saturated rings. The summed E-state index contributed by atoms with van der Waals surface area (Å²) in [5.41, 5.74) is 4.56. The molecule has 0 amide bonds. The third kappa shape index (κ3) is 5.00. The number of ketones is 1. The number of carbonyl (C=O) groups excluding carboxylic acids is 1. The Labute approximate surface area is 207 Å². The Bertz CT molecular complexity index is 810. The van der Waals surface area contributed by atoms with E-state index in [4.69, 9.17) is 0 Å². The number of carbonyl (C=O) groups is 1. The van der Waals surface area contributed by atoms with Crippen LogP contribution in [0.2, 0.25) is 0 Å². The molecule has 1 aliphatic rings. The summed E-state index contributed by atoms with van der Waals surface area (Å²) in [6.07, 6.45) is 11.9. The molecule has 5 heteroatoms. The molecular formula is C25H34Br2OS2. The van der Waals surface area contributed by atoms with Crippen LogP contribution in [-0.2, 0) is 12.8 Å². The lowest BCUT2D eigenvalue weighted by Crippen LogP contribution is -2.10. The smallest absolute Gasteiger partial charge is 0.196 e. The quantitative estimate of drug-likeness (QED) is 0.210. The summed E-state index contributed by atoms with van der Waals surface area (Å²) < 4.78 is 2.34. The van der Waals surface area contributed by atoms with E-state index in [9.17, 15) is 4.79 Å². The minimum atomic E-state index is 0.282. The van der Waals surface area contributed by atoms with Gasteiger partial charge in [0.15, 0.2) is 5.78 Å². The summed E-state index contributed by atoms with van der Waals surface area (Å²) in [6.45, 7) is 9.09. The monoisotopic (exact) mass is 572 g/mol. The van der Waals surface area contributed by atoms with E-state index in [-0.39, 0.29) is 5.78 Å². The summed E-state index contributed by atoms with van der Waals surface area (Å²) in [5, 5.41) is 0. The Morgan fingerprint density at radius 2 is 1.13 bits per heavy atom. The Morgan fingerprint density at radius 1 is 0.733 bits per heavy atom. The maximum absolute atomic E-state index is 13.7. The molecule has 0 N–H and O–H groups in total. The summed E-state index contributed by atoms with van der Waals surface area (Å²) in [6, 6.07) is 0. The first-order valence-electron chi connectivity index (χ1n) is 11.6. The van der Waals surface area contributed by atoms with Crippen LogP contribution < -0.4 is 0 Å². The van der Waals surface area contributed by atoms with Crippen molar-refractivity contribution in [3.05, 3.63) is 29.8 Å². The van der Waals surface area contributed by atoms with Gasteiger partial charge in [-0.3, -0.25) is 4.79 Å². The molecule has 2 unspecified atom stereocenters. The zero-order valence-corrected chi connectivity index (χ0v) is 23.5. The third-order valence-electron chi connectivity index (χ3n) is 6.65. The number of rotatable bonds is 12. The maximum Gasteiger partial charge on any atom is 0.196 e. The Kier molecular flexibility index (Phi) is 9.25. The predicted octanol–water partition coefficient (Wildman–Crippen LogP) is 10.1. The lowest BCUT2D eigenvalue weighted by Gasteiger charge is -2.16. The van der Waals surface area contributed by atoms with Crippen LogP contribution in [0.3, 0.4) is 0 Å². The van der Waals surface area contributed by atoms with Crippen molar-refractivity contribution in [3.63, 3.8) is 0 Å². The molecule has 2 aromatic rings. The van der Waals surface area contributed by atoms with Gasteiger partial charge in [-0.2, -0.15) is 0 Å². The normalized spacial score (nSPS) is 14.8. The van der Waals surface area contributed by atoms with Gasteiger partial charge < -0.3 is 0 Å². The maximum atomic E-state index is 13.7. The molecule has 0 saturated heterocycles. The van der Waals surface area contributed by atoms with Gasteiger partial charge in [-0.15, -0.1) is 22.7 Å². The lowest BCUT2D eigenvalue weighted by molar-refractivity contribution is 0.104. The first-order chi connectivity index (χ1) is 14.5. The largest absolute Gasteiger partial charge is 0.288 e. The molecule has 0 aromatic carbocycles. The standard InChI is InChI=1S/C25H34Br2OS2/c1-5-9-11-15(7-3)13-17-19-21(28)20-18(14-16(8-4)12-10-6-2)25(27)30-23(20)22(19)29-24(17)26/h15-16H,5-14H2,1-4H3. The second-order valence-corrected chi connectivity index (χ2v) is 13.4. The topological polar surface area (TPSA) is 17.1 Å². The number of fused-ring (bicyclic) bond motifs is 3. The third-order valence-corrected chi connectivity index (χ3v) is 10.8. The van der Waals surface area contributed by atoms with Gasteiger partial charge >= 0.3 is 0 Å². The lowest BCUT2D eigenvalue weighted by atomic mass is 9.89. The first kappa shape index (κ1) is 24.7. The highest BCUT2D eigenvalue weighted by Gasteiger charge is 2.38. The Hall–Kier alpha value is 0.0300. The molecule has 30 heavy (non-hydrogen) atoms.